The molecule has 0 saturated carbocycles. The number of benzene rings is 2. The van der Waals surface area contributed by atoms with Gasteiger partial charge in [-0.1, -0.05) is 53.7 Å². The molecular formula is C27H37BrN4O4. The number of carbonyl (C=O) groups excluding carboxylic acids is 2. The molecule has 0 aliphatic carbocycles. The molecule has 1 aliphatic heterocycles. The lowest BCUT2D eigenvalue weighted by molar-refractivity contribution is -0.131. The van der Waals surface area contributed by atoms with Gasteiger partial charge >= 0.3 is 0 Å². The van der Waals surface area contributed by atoms with Gasteiger partial charge in [0.05, 0.1) is 6.54 Å². The molecule has 0 aromatic heterocycles. The first-order valence-corrected chi connectivity index (χ1v) is 11.6. The largest absolute Gasteiger partial charge is 0.507 e. The highest BCUT2D eigenvalue weighted by Crippen LogP contribution is 2.40. The number of fused-ring (bicyclic) bond motifs is 1. The second-order valence-electron chi connectivity index (χ2n) is 11.1. The van der Waals surface area contributed by atoms with E-state index in [1.165, 1.54) is 7.11 Å². The third kappa shape index (κ3) is 5.79. The highest BCUT2D eigenvalue weighted by atomic mass is 79.9. The number of nitrogens with two attached hydrogens (primary N) is 1. The number of amidine groups is 1. The predicted molar refractivity (Wildman–Crippen MR) is 146 cm³/mol. The van der Waals surface area contributed by atoms with Crippen molar-refractivity contribution < 1.29 is 19.4 Å². The van der Waals surface area contributed by atoms with Crippen LogP contribution < -0.4 is 11.3 Å². The summed E-state index contributed by atoms with van der Waals surface area (Å²) in [6.07, 6.45) is -0.891. The number of hydrogen-bond acceptors (Lipinski definition) is 6. The Morgan fingerprint density at radius 2 is 1.67 bits per heavy atom. The minimum atomic E-state index is -0.891. The van der Waals surface area contributed by atoms with E-state index in [1.54, 1.807) is 29.2 Å². The van der Waals surface area contributed by atoms with Crippen molar-refractivity contribution in [3.8, 4) is 5.75 Å². The van der Waals surface area contributed by atoms with Gasteiger partial charge in [-0.05, 0) is 40.2 Å². The molecule has 0 fully saturated rings. The van der Waals surface area contributed by atoms with Crippen molar-refractivity contribution in [1.82, 2.24) is 10.3 Å². The minimum Gasteiger partial charge on any atom is -0.507 e. The van der Waals surface area contributed by atoms with Gasteiger partial charge < -0.3 is 14.7 Å². The van der Waals surface area contributed by atoms with E-state index >= 15 is 0 Å². The van der Waals surface area contributed by atoms with Gasteiger partial charge in [-0.2, -0.15) is 0 Å². The van der Waals surface area contributed by atoms with E-state index in [-0.39, 0.29) is 51.7 Å². The number of nitrogens with zero attached hydrogens (tertiary/aromatic N) is 1. The van der Waals surface area contributed by atoms with Crippen molar-refractivity contribution in [1.29, 1.82) is 5.41 Å². The lowest BCUT2D eigenvalue weighted by Crippen LogP contribution is -2.35. The molecule has 5 N–H and O–H groups in total. The number of halogens is 1. The number of methoxy groups -OCH3 is 1. The number of carbonyl (C=O) groups is 2. The van der Waals surface area contributed by atoms with Crippen molar-refractivity contribution in [2.45, 2.75) is 65.0 Å². The number of hydrogen-bond donors (Lipinski definition) is 4. The maximum absolute atomic E-state index is 13.4. The lowest BCUT2D eigenvalue weighted by atomic mass is 9.78. The highest BCUT2D eigenvalue weighted by molar-refractivity contribution is 8.93. The number of phenolic OH excluding ortho intramolecular Hbond substituents is 1. The molecule has 1 unspecified atom stereocenters. The second kappa shape index (κ2) is 10.7. The van der Waals surface area contributed by atoms with Gasteiger partial charge in [-0.15, -0.1) is 17.0 Å². The first-order chi connectivity index (χ1) is 16.2. The number of nitrogens with one attached hydrogen (secondary N) is 2. The van der Waals surface area contributed by atoms with E-state index < -0.39 is 12.0 Å². The number of rotatable bonds is 6. The quantitative estimate of drug-likeness (QED) is 0.181. The molecule has 1 amide bonds. The molecule has 9 heteroatoms. The molecule has 1 heterocycles. The minimum absolute atomic E-state index is 0. The maximum atomic E-state index is 13.4. The van der Waals surface area contributed by atoms with Gasteiger partial charge in [-0.25, -0.2) is 5.84 Å². The first-order valence-electron chi connectivity index (χ1n) is 11.6. The van der Waals surface area contributed by atoms with Gasteiger partial charge in [0.25, 0.3) is 5.91 Å². The van der Waals surface area contributed by atoms with E-state index in [9.17, 15) is 14.7 Å². The molecule has 8 nitrogen and oxygen atoms in total. The van der Waals surface area contributed by atoms with E-state index in [0.29, 0.717) is 23.2 Å². The van der Waals surface area contributed by atoms with E-state index in [0.717, 1.165) is 16.7 Å². The van der Waals surface area contributed by atoms with Gasteiger partial charge in [0.2, 0.25) is 0 Å². The van der Waals surface area contributed by atoms with Gasteiger partial charge in [0, 0.05) is 35.9 Å². The van der Waals surface area contributed by atoms with Crippen molar-refractivity contribution >= 4 is 34.5 Å². The van der Waals surface area contributed by atoms with Gasteiger partial charge in [-0.3, -0.25) is 20.4 Å². The van der Waals surface area contributed by atoms with Crippen LogP contribution in [0.5, 0.6) is 5.75 Å². The normalized spacial score (nSPS) is 14.2. The number of amides is 1. The van der Waals surface area contributed by atoms with Crippen molar-refractivity contribution in [3.63, 3.8) is 0 Å². The first kappa shape index (κ1) is 29.5. The van der Waals surface area contributed by atoms with Gasteiger partial charge in [0.15, 0.2) is 11.9 Å². The number of hydrazine groups is 1. The van der Waals surface area contributed by atoms with Crippen LogP contribution in [-0.4, -0.2) is 41.2 Å². The van der Waals surface area contributed by atoms with Crippen LogP contribution in [0.2, 0.25) is 0 Å². The zero-order valence-electron chi connectivity index (χ0n) is 22.0. The van der Waals surface area contributed by atoms with Gasteiger partial charge in [0.1, 0.15) is 11.6 Å². The number of ether oxygens (including phenoxy) is 1. The number of ketones is 1. The number of phenols is 1. The summed E-state index contributed by atoms with van der Waals surface area (Å²) in [5.41, 5.74) is 5.48. The summed E-state index contributed by atoms with van der Waals surface area (Å²) in [6, 6.07) is 8.89. The zero-order chi connectivity index (χ0) is 26.3. The van der Waals surface area contributed by atoms with Crippen molar-refractivity contribution in [3.05, 3.63) is 63.7 Å². The maximum Gasteiger partial charge on any atom is 0.267 e. The van der Waals surface area contributed by atoms with Crippen LogP contribution in [0.25, 0.3) is 0 Å². The Balaban J connectivity index is 0.00000456. The monoisotopic (exact) mass is 560 g/mol. The molecule has 1 atom stereocenters. The summed E-state index contributed by atoms with van der Waals surface area (Å²) in [5.74, 6) is 5.08. The Hall–Kier alpha value is -2.75. The molecule has 3 rings (SSSR count). The molecular weight excluding hydrogens is 524 g/mol. The zero-order valence-corrected chi connectivity index (χ0v) is 23.7. The third-order valence-electron chi connectivity index (χ3n) is 6.37. The third-order valence-corrected chi connectivity index (χ3v) is 6.37. The van der Waals surface area contributed by atoms with Crippen LogP contribution in [0.15, 0.2) is 30.3 Å². The summed E-state index contributed by atoms with van der Waals surface area (Å²) >= 11 is 0. The van der Waals surface area contributed by atoms with Crippen LogP contribution in [-0.2, 0) is 26.9 Å². The Bertz CT molecular complexity index is 1150. The topological polar surface area (TPSA) is 129 Å². The fraction of sp³-hybridized carbons (Fsp3) is 0.444. The van der Waals surface area contributed by atoms with E-state index in [2.05, 4.69) is 5.43 Å². The Morgan fingerprint density at radius 3 is 2.14 bits per heavy atom. The molecule has 0 saturated heterocycles. The van der Waals surface area contributed by atoms with Crippen LogP contribution >= 0.6 is 17.0 Å². The molecule has 0 radical (unpaired) electrons. The summed E-state index contributed by atoms with van der Waals surface area (Å²) in [6.45, 7) is 12.5. The molecule has 2 aromatic rings. The summed E-state index contributed by atoms with van der Waals surface area (Å²) in [7, 11) is 1.42. The Labute approximate surface area is 223 Å². The lowest BCUT2D eigenvalue weighted by Gasteiger charge is -2.28. The molecule has 2 aromatic carbocycles. The van der Waals surface area contributed by atoms with E-state index in [1.807, 2.05) is 47.6 Å². The predicted octanol–water partition coefficient (Wildman–Crippen LogP) is 4.27. The highest BCUT2D eigenvalue weighted by Gasteiger charge is 2.31. The van der Waals surface area contributed by atoms with Crippen LogP contribution in [0.4, 0.5) is 0 Å². The summed E-state index contributed by atoms with van der Waals surface area (Å²) < 4.78 is 5.27. The standard InChI is InChI=1S/C27H36N4O4.BrH/c1-26(2,3)19-11-17(12-20(22(19)33)27(4,5)6)21(32)14-31-13-16-9-8-15(10-18(16)24(31)28)23(35-7)25(34)30-29;/h8-12,23,28,33H,13-14,29H2,1-7H3,(H,30,34);1H. The van der Waals surface area contributed by atoms with Crippen LogP contribution in [0, 0.1) is 5.41 Å². The molecule has 36 heavy (non-hydrogen) atoms. The van der Waals surface area contributed by atoms with Crippen molar-refractivity contribution in [2.75, 3.05) is 13.7 Å². The SMILES string of the molecule is Br.COC(C(=O)NN)c1ccc2c(c1)C(=N)N(CC(=O)c1cc(C(C)(C)C)c(O)c(C(C)(C)C)c1)C2. The summed E-state index contributed by atoms with van der Waals surface area (Å²) in [5, 5.41) is 19.6. The number of Topliss-reactive ketones (excluding diaryl/α,β-unsaturated/α-hetero) is 1. The molecule has 0 bridgehead atoms. The molecule has 1 aliphatic rings. The smallest absolute Gasteiger partial charge is 0.267 e. The fourth-order valence-electron chi connectivity index (χ4n) is 4.38. The average molecular weight is 562 g/mol. The van der Waals surface area contributed by atoms with Crippen LogP contribution in [0.3, 0.4) is 0 Å². The average Bonchev–Trinajstić information content (AvgIpc) is 3.07. The second-order valence-corrected chi connectivity index (χ2v) is 11.1. The van der Waals surface area contributed by atoms with E-state index in [4.69, 9.17) is 16.0 Å². The summed E-state index contributed by atoms with van der Waals surface area (Å²) in [4.78, 5) is 27.1. The van der Waals surface area contributed by atoms with Crippen LogP contribution in [0.1, 0.15) is 85.8 Å². The fourth-order valence-corrected chi connectivity index (χ4v) is 4.38. The molecule has 0 spiro atoms. The Morgan fingerprint density at radius 1 is 1.11 bits per heavy atom. The Kier molecular flexibility index (Phi) is 8.76. The van der Waals surface area contributed by atoms with Crippen molar-refractivity contribution in [2.24, 2.45) is 5.84 Å². The number of aromatic hydroxyl groups is 1. The molecule has 196 valence electrons.